The van der Waals surface area contributed by atoms with Crippen molar-refractivity contribution in [2.75, 3.05) is 45.5 Å². The highest BCUT2D eigenvalue weighted by atomic mass is 16.3. The van der Waals surface area contributed by atoms with Crippen LogP contribution < -0.4 is 5.73 Å². The van der Waals surface area contributed by atoms with Gasteiger partial charge in [0.2, 0.25) is 5.91 Å². The summed E-state index contributed by atoms with van der Waals surface area (Å²) in [4.78, 5) is 17.5. The van der Waals surface area contributed by atoms with Crippen LogP contribution >= 0.6 is 0 Å². The zero-order valence-electron chi connectivity index (χ0n) is 15.6. The van der Waals surface area contributed by atoms with E-state index >= 15 is 0 Å². The summed E-state index contributed by atoms with van der Waals surface area (Å²) >= 11 is 0. The number of aromatic nitrogens is 2. The summed E-state index contributed by atoms with van der Waals surface area (Å²) in [7, 11) is 2.14. The van der Waals surface area contributed by atoms with E-state index < -0.39 is 0 Å². The molecule has 3 heterocycles. The van der Waals surface area contributed by atoms with Gasteiger partial charge in [0.15, 0.2) is 5.82 Å². The quantitative estimate of drug-likeness (QED) is 0.746. The Balaban J connectivity index is 1.47. The van der Waals surface area contributed by atoms with Gasteiger partial charge in [0.1, 0.15) is 5.76 Å². The standard InChI is InChI=1S/C20H25N5O2/c1-23-9-11-24(12-10-23)8-2-5-19(26)25-17-14-15(18-4-3-13-27-18)6-7-16(17)20(21)22-25/h3-4,6-7,13-14H,2,5,8-12H2,1H3,(H2,21,22). The lowest BCUT2D eigenvalue weighted by Gasteiger charge is -2.32. The highest BCUT2D eigenvalue weighted by Crippen LogP contribution is 2.28. The van der Waals surface area contributed by atoms with Gasteiger partial charge in [-0.25, -0.2) is 0 Å². The Morgan fingerprint density at radius 1 is 1.22 bits per heavy atom. The number of fused-ring (bicyclic) bond motifs is 1. The Morgan fingerprint density at radius 3 is 2.78 bits per heavy atom. The molecule has 0 spiro atoms. The number of furan rings is 1. The number of carbonyl (C=O) groups is 1. The lowest BCUT2D eigenvalue weighted by atomic mass is 10.1. The second-order valence-electron chi connectivity index (χ2n) is 7.15. The summed E-state index contributed by atoms with van der Waals surface area (Å²) in [5, 5.41) is 5.07. The van der Waals surface area contributed by atoms with Gasteiger partial charge in [-0.15, -0.1) is 5.10 Å². The first-order valence-electron chi connectivity index (χ1n) is 9.38. The van der Waals surface area contributed by atoms with Gasteiger partial charge >= 0.3 is 0 Å². The second-order valence-corrected chi connectivity index (χ2v) is 7.15. The Kier molecular flexibility index (Phi) is 4.96. The predicted molar refractivity (Wildman–Crippen MR) is 106 cm³/mol. The minimum atomic E-state index is -0.0255. The van der Waals surface area contributed by atoms with Crippen molar-refractivity contribution < 1.29 is 9.21 Å². The van der Waals surface area contributed by atoms with Crippen molar-refractivity contribution in [3.8, 4) is 11.3 Å². The Bertz CT molecular complexity index is 923. The molecule has 1 fully saturated rings. The minimum absolute atomic E-state index is 0.0255. The van der Waals surface area contributed by atoms with Crippen LogP contribution in [0.2, 0.25) is 0 Å². The lowest BCUT2D eigenvalue weighted by Crippen LogP contribution is -2.44. The molecule has 0 radical (unpaired) electrons. The van der Waals surface area contributed by atoms with Crippen LogP contribution in [0.5, 0.6) is 0 Å². The largest absolute Gasteiger partial charge is 0.464 e. The summed E-state index contributed by atoms with van der Waals surface area (Å²) in [6, 6.07) is 9.47. The van der Waals surface area contributed by atoms with Gasteiger partial charge in [0, 0.05) is 43.5 Å². The number of rotatable bonds is 5. The highest BCUT2D eigenvalue weighted by molar-refractivity contribution is 5.98. The topological polar surface area (TPSA) is 80.5 Å². The third-order valence-electron chi connectivity index (χ3n) is 5.21. The molecule has 142 valence electrons. The van der Waals surface area contributed by atoms with Gasteiger partial charge in [-0.1, -0.05) is 6.07 Å². The average molecular weight is 367 g/mol. The Hall–Kier alpha value is -2.64. The molecule has 0 saturated carbocycles. The van der Waals surface area contributed by atoms with E-state index in [0.717, 1.165) is 61.4 Å². The van der Waals surface area contributed by atoms with Crippen LogP contribution in [-0.4, -0.2) is 65.3 Å². The molecule has 4 rings (SSSR count). The average Bonchev–Trinajstić information content (AvgIpc) is 3.31. The number of anilines is 1. The van der Waals surface area contributed by atoms with Crippen molar-refractivity contribution in [3.05, 3.63) is 36.6 Å². The number of nitrogen functional groups attached to an aromatic ring is 1. The fourth-order valence-electron chi connectivity index (χ4n) is 3.56. The zero-order chi connectivity index (χ0) is 18.8. The van der Waals surface area contributed by atoms with E-state index in [1.807, 2.05) is 30.3 Å². The van der Waals surface area contributed by atoms with E-state index in [4.69, 9.17) is 10.2 Å². The van der Waals surface area contributed by atoms with Crippen LogP contribution in [0.3, 0.4) is 0 Å². The molecule has 1 aliphatic rings. The molecule has 0 amide bonds. The van der Waals surface area contributed by atoms with E-state index in [0.29, 0.717) is 12.2 Å². The van der Waals surface area contributed by atoms with Crippen molar-refractivity contribution in [3.63, 3.8) is 0 Å². The summed E-state index contributed by atoms with van der Waals surface area (Å²) in [5.74, 6) is 1.11. The molecule has 3 aromatic rings. The van der Waals surface area contributed by atoms with Gasteiger partial charge in [-0.2, -0.15) is 4.68 Å². The molecule has 0 aliphatic carbocycles. The lowest BCUT2D eigenvalue weighted by molar-refractivity contribution is 0.0878. The van der Waals surface area contributed by atoms with Crippen LogP contribution in [0, 0.1) is 0 Å². The Morgan fingerprint density at radius 2 is 2.04 bits per heavy atom. The van der Waals surface area contributed by atoms with Gasteiger partial charge in [0.25, 0.3) is 0 Å². The van der Waals surface area contributed by atoms with Crippen LogP contribution in [0.1, 0.15) is 17.6 Å². The second kappa shape index (κ2) is 7.54. The number of benzene rings is 1. The number of likely N-dealkylation sites (N-methyl/N-ethyl adjacent to an activating group) is 1. The van der Waals surface area contributed by atoms with Crippen LogP contribution in [-0.2, 0) is 0 Å². The first-order chi connectivity index (χ1) is 13.1. The molecule has 7 heteroatoms. The van der Waals surface area contributed by atoms with Crippen LogP contribution in [0.4, 0.5) is 5.82 Å². The fourth-order valence-corrected chi connectivity index (χ4v) is 3.56. The number of hydrogen-bond donors (Lipinski definition) is 1. The molecule has 0 unspecified atom stereocenters. The molecule has 0 bridgehead atoms. The normalized spacial score (nSPS) is 16.2. The maximum absolute atomic E-state index is 12.8. The molecule has 1 aromatic carbocycles. The SMILES string of the molecule is CN1CCN(CCCC(=O)n2nc(N)c3ccc(-c4ccco4)cc32)CC1. The summed E-state index contributed by atoms with van der Waals surface area (Å²) < 4.78 is 6.91. The minimum Gasteiger partial charge on any atom is -0.464 e. The van der Waals surface area contributed by atoms with Crippen LogP contribution in [0.25, 0.3) is 22.2 Å². The molecule has 2 aromatic heterocycles. The van der Waals surface area contributed by atoms with Gasteiger partial charge in [0.05, 0.1) is 11.8 Å². The maximum Gasteiger partial charge on any atom is 0.247 e. The van der Waals surface area contributed by atoms with Gasteiger partial charge in [-0.05, 0) is 44.3 Å². The number of hydrogen-bond acceptors (Lipinski definition) is 6. The molecule has 7 nitrogen and oxygen atoms in total. The molecular weight excluding hydrogens is 342 g/mol. The number of nitrogens with two attached hydrogens (primary N) is 1. The number of piperazine rings is 1. The van der Waals surface area contributed by atoms with E-state index in [1.165, 1.54) is 4.68 Å². The monoisotopic (exact) mass is 367 g/mol. The maximum atomic E-state index is 12.8. The third kappa shape index (κ3) is 3.74. The summed E-state index contributed by atoms with van der Waals surface area (Å²) in [6.07, 6.45) is 2.91. The summed E-state index contributed by atoms with van der Waals surface area (Å²) in [5.41, 5.74) is 7.65. The van der Waals surface area contributed by atoms with E-state index in [9.17, 15) is 4.79 Å². The van der Waals surface area contributed by atoms with Crippen molar-refractivity contribution in [2.45, 2.75) is 12.8 Å². The highest BCUT2D eigenvalue weighted by Gasteiger charge is 2.17. The summed E-state index contributed by atoms with van der Waals surface area (Å²) in [6.45, 7) is 5.24. The third-order valence-corrected chi connectivity index (χ3v) is 5.21. The molecule has 27 heavy (non-hydrogen) atoms. The predicted octanol–water partition coefficient (Wildman–Crippen LogP) is 2.55. The van der Waals surface area contributed by atoms with Crippen LogP contribution in [0.15, 0.2) is 41.0 Å². The zero-order valence-corrected chi connectivity index (χ0v) is 15.6. The van der Waals surface area contributed by atoms with E-state index in [-0.39, 0.29) is 5.91 Å². The van der Waals surface area contributed by atoms with Crippen molar-refractivity contribution >= 4 is 22.6 Å². The molecular formula is C20H25N5O2. The van der Waals surface area contributed by atoms with E-state index in [1.54, 1.807) is 6.26 Å². The van der Waals surface area contributed by atoms with Crippen molar-refractivity contribution in [1.29, 1.82) is 0 Å². The smallest absolute Gasteiger partial charge is 0.247 e. The van der Waals surface area contributed by atoms with E-state index in [2.05, 4.69) is 21.9 Å². The van der Waals surface area contributed by atoms with Crippen molar-refractivity contribution in [1.82, 2.24) is 19.6 Å². The fraction of sp³-hybridized carbons (Fsp3) is 0.400. The number of carbonyl (C=O) groups excluding carboxylic acids is 1. The van der Waals surface area contributed by atoms with Gasteiger partial charge < -0.3 is 20.0 Å². The molecule has 2 N–H and O–H groups in total. The first kappa shape index (κ1) is 17.8. The first-order valence-corrected chi connectivity index (χ1v) is 9.38. The molecule has 1 saturated heterocycles. The Labute approximate surface area is 158 Å². The number of nitrogens with zero attached hydrogens (tertiary/aromatic N) is 4. The molecule has 0 atom stereocenters. The van der Waals surface area contributed by atoms with Gasteiger partial charge in [-0.3, -0.25) is 4.79 Å². The van der Waals surface area contributed by atoms with Crippen molar-refractivity contribution in [2.24, 2.45) is 0 Å². The molecule has 1 aliphatic heterocycles.